The summed E-state index contributed by atoms with van der Waals surface area (Å²) in [6.45, 7) is 7.83. The molecule has 4 aromatic rings. The van der Waals surface area contributed by atoms with Crippen molar-refractivity contribution in [3.8, 4) is 22.3 Å². The maximum atomic E-state index is 6.24. The molecule has 0 fully saturated rings. The molecule has 0 radical (unpaired) electrons. The molecule has 0 saturated heterocycles. The number of hydrogen-bond acceptors (Lipinski definition) is 2. The second-order valence-electron chi connectivity index (χ2n) is 8.88. The molecule has 0 atom stereocenters. The van der Waals surface area contributed by atoms with Crippen molar-refractivity contribution in [3.63, 3.8) is 0 Å². The summed E-state index contributed by atoms with van der Waals surface area (Å²) in [5, 5.41) is 0. The van der Waals surface area contributed by atoms with Crippen molar-refractivity contribution in [2.75, 3.05) is 0 Å². The Morgan fingerprint density at radius 3 is 2.00 bits per heavy atom. The van der Waals surface area contributed by atoms with Crippen LogP contribution in [0.15, 0.2) is 97.3 Å². The number of rotatable bonds is 6. The van der Waals surface area contributed by atoms with Gasteiger partial charge in [-0.3, -0.25) is 4.98 Å². The molecule has 2 heteroatoms. The smallest absolute Gasteiger partial charge is 0.0733 e. The first-order valence-corrected chi connectivity index (χ1v) is 10.8. The average Bonchev–Trinajstić information content (AvgIpc) is 2.80. The average molecular weight is 408 g/mol. The summed E-state index contributed by atoms with van der Waals surface area (Å²) in [5.41, 5.74) is 8.54. The Morgan fingerprint density at radius 2 is 1.35 bits per heavy atom. The third kappa shape index (κ3) is 5.10. The molecule has 0 unspecified atom stereocenters. The van der Waals surface area contributed by atoms with E-state index in [1.54, 1.807) is 0 Å². The molecule has 156 valence electrons. The van der Waals surface area contributed by atoms with Gasteiger partial charge in [0.15, 0.2) is 0 Å². The fourth-order valence-corrected chi connectivity index (χ4v) is 3.79. The van der Waals surface area contributed by atoms with E-state index in [0.29, 0.717) is 13.2 Å². The van der Waals surface area contributed by atoms with E-state index < -0.39 is 0 Å². The van der Waals surface area contributed by atoms with E-state index in [-0.39, 0.29) is 5.41 Å². The van der Waals surface area contributed by atoms with Gasteiger partial charge in [-0.25, -0.2) is 0 Å². The fourth-order valence-electron chi connectivity index (χ4n) is 3.79. The van der Waals surface area contributed by atoms with Crippen molar-refractivity contribution in [1.29, 1.82) is 0 Å². The number of ether oxygens (including phenoxy) is 1. The van der Waals surface area contributed by atoms with E-state index in [1.165, 1.54) is 27.8 Å². The van der Waals surface area contributed by atoms with Crippen LogP contribution in [-0.4, -0.2) is 4.98 Å². The SMILES string of the molecule is CC(C)(C)c1ccc(COCc2c(-c3ccccc3)cccc2-c2cccnc2)cc1. The van der Waals surface area contributed by atoms with E-state index in [2.05, 4.69) is 98.6 Å². The fraction of sp³-hybridized carbons (Fsp3) is 0.207. The van der Waals surface area contributed by atoms with Crippen LogP contribution in [0.5, 0.6) is 0 Å². The van der Waals surface area contributed by atoms with E-state index >= 15 is 0 Å². The quantitative estimate of drug-likeness (QED) is 0.331. The largest absolute Gasteiger partial charge is 0.372 e. The monoisotopic (exact) mass is 407 g/mol. The Morgan fingerprint density at radius 1 is 0.677 bits per heavy atom. The van der Waals surface area contributed by atoms with Gasteiger partial charge in [0.25, 0.3) is 0 Å². The van der Waals surface area contributed by atoms with Crippen LogP contribution in [0.2, 0.25) is 0 Å². The Labute approximate surface area is 185 Å². The van der Waals surface area contributed by atoms with Crippen molar-refractivity contribution < 1.29 is 4.74 Å². The lowest BCUT2D eigenvalue weighted by molar-refractivity contribution is 0.108. The first kappa shape index (κ1) is 21.0. The Hall–Kier alpha value is -3.23. The number of nitrogens with zero attached hydrogens (tertiary/aromatic N) is 1. The van der Waals surface area contributed by atoms with Crippen LogP contribution < -0.4 is 0 Å². The molecule has 2 nitrogen and oxygen atoms in total. The maximum absolute atomic E-state index is 6.24. The summed E-state index contributed by atoms with van der Waals surface area (Å²) in [5.74, 6) is 0. The van der Waals surface area contributed by atoms with Crippen LogP contribution in [0.25, 0.3) is 22.3 Å². The minimum atomic E-state index is 0.159. The van der Waals surface area contributed by atoms with Gasteiger partial charge >= 0.3 is 0 Å². The van der Waals surface area contributed by atoms with Gasteiger partial charge in [-0.15, -0.1) is 0 Å². The molecule has 0 aliphatic carbocycles. The molecule has 0 saturated carbocycles. The molecule has 1 aromatic heterocycles. The summed E-state index contributed by atoms with van der Waals surface area (Å²) in [6, 6.07) is 29.8. The molecule has 0 amide bonds. The topological polar surface area (TPSA) is 22.1 Å². The van der Waals surface area contributed by atoms with Gasteiger partial charge in [-0.05, 0) is 44.9 Å². The van der Waals surface area contributed by atoms with Gasteiger partial charge in [-0.1, -0.05) is 99.6 Å². The van der Waals surface area contributed by atoms with Crippen molar-refractivity contribution >= 4 is 0 Å². The molecule has 0 aliphatic rings. The van der Waals surface area contributed by atoms with Gasteiger partial charge in [0, 0.05) is 18.0 Å². The molecule has 0 bridgehead atoms. The number of hydrogen-bond donors (Lipinski definition) is 0. The Balaban J connectivity index is 1.60. The molecular weight excluding hydrogens is 378 g/mol. The van der Waals surface area contributed by atoms with E-state index in [1.807, 2.05) is 24.5 Å². The van der Waals surface area contributed by atoms with E-state index in [0.717, 1.165) is 11.1 Å². The summed E-state index contributed by atoms with van der Waals surface area (Å²) >= 11 is 0. The summed E-state index contributed by atoms with van der Waals surface area (Å²) in [6.07, 6.45) is 3.72. The first-order valence-electron chi connectivity index (χ1n) is 10.8. The van der Waals surface area contributed by atoms with Gasteiger partial charge in [0.05, 0.1) is 13.2 Å². The molecule has 4 rings (SSSR count). The van der Waals surface area contributed by atoms with E-state index in [9.17, 15) is 0 Å². The lowest BCUT2D eigenvalue weighted by atomic mass is 9.87. The second kappa shape index (κ2) is 9.28. The minimum absolute atomic E-state index is 0.159. The summed E-state index contributed by atoms with van der Waals surface area (Å²) in [4.78, 5) is 4.32. The van der Waals surface area contributed by atoms with E-state index in [4.69, 9.17) is 4.74 Å². The minimum Gasteiger partial charge on any atom is -0.372 e. The standard InChI is InChI=1S/C29H29NO/c1-29(2,3)25-16-14-22(15-17-25)20-31-21-28-26(23-9-5-4-6-10-23)12-7-13-27(28)24-11-8-18-30-19-24/h4-19H,20-21H2,1-3H3. The molecule has 1 heterocycles. The van der Waals surface area contributed by atoms with Crippen LogP contribution in [0.3, 0.4) is 0 Å². The highest BCUT2D eigenvalue weighted by molar-refractivity contribution is 5.78. The molecule has 0 N–H and O–H groups in total. The van der Waals surface area contributed by atoms with Gasteiger partial charge in [-0.2, -0.15) is 0 Å². The zero-order valence-electron chi connectivity index (χ0n) is 18.5. The predicted octanol–water partition coefficient (Wildman–Crippen LogP) is 7.43. The lowest BCUT2D eigenvalue weighted by Gasteiger charge is -2.19. The molecule has 31 heavy (non-hydrogen) atoms. The van der Waals surface area contributed by atoms with Gasteiger partial charge in [0.1, 0.15) is 0 Å². The van der Waals surface area contributed by atoms with Gasteiger partial charge in [0.2, 0.25) is 0 Å². The van der Waals surface area contributed by atoms with Crippen molar-refractivity contribution in [2.24, 2.45) is 0 Å². The molecule has 0 spiro atoms. The highest BCUT2D eigenvalue weighted by Gasteiger charge is 2.14. The highest BCUT2D eigenvalue weighted by Crippen LogP contribution is 2.33. The van der Waals surface area contributed by atoms with Crippen LogP contribution in [0, 0.1) is 0 Å². The predicted molar refractivity (Wildman–Crippen MR) is 129 cm³/mol. The van der Waals surface area contributed by atoms with Crippen molar-refractivity contribution in [1.82, 2.24) is 4.98 Å². The van der Waals surface area contributed by atoms with Crippen molar-refractivity contribution in [2.45, 2.75) is 39.4 Å². The Bertz CT molecular complexity index is 1050. The highest BCUT2D eigenvalue weighted by atomic mass is 16.5. The Kier molecular flexibility index (Phi) is 6.29. The second-order valence-corrected chi connectivity index (χ2v) is 8.88. The summed E-state index contributed by atoms with van der Waals surface area (Å²) in [7, 11) is 0. The lowest BCUT2D eigenvalue weighted by Crippen LogP contribution is -2.10. The molecule has 0 aliphatic heterocycles. The van der Waals surface area contributed by atoms with Crippen LogP contribution in [0.1, 0.15) is 37.5 Å². The number of aromatic nitrogens is 1. The normalized spacial score (nSPS) is 11.5. The third-order valence-corrected chi connectivity index (χ3v) is 5.57. The summed E-state index contributed by atoms with van der Waals surface area (Å²) < 4.78 is 6.24. The third-order valence-electron chi connectivity index (χ3n) is 5.57. The van der Waals surface area contributed by atoms with Crippen LogP contribution in [-0.2, 0) is 23.4 Å². The van der Waals surface area contributed by atoms with Gasteiger partial charge < -0.3 is 4.74 Å². The zero-order valence-corrected chi connectivity index (χ0v) is 18.5. The molecule has 3 aromatic carbocycles. The number of pyridine rings is 1. The zero-order chi connectivity index (χ0) is 21.7. The first-order chi connectivity index (χ1) is 15.0. The molecular formula is C29H29NO. The van der Waals surface area contributed by atoms with Crippen LogP contribution in [0.4, 0.5) is 0 Å². The van der Waals surface area contributed by atoms with Crippen LogP contribution >= 0.6 is 0 Å². The number of benzene rings is 3. The maximum Gasteiger partial charge on any atom is 0.0733 e. The van der Waals surface area contributed by atoms with Crippen molar-refractivity contribution in [3.05, 3.63) is 114 Å².